The molecule has 0 heterocycles. The molecule has 1 saturated carbocycles. The Kier molecular flexibility index (Phi) is 3.93. The van der Waals surface area contributed by atoms with Crippen molar-refractivity contribution in [1.29, 1.82) is 0 Å². The zero-order valence-electron chi connectivity index (χ0n) is 7.23. The van der Waals surface area contributed by atoms with Gasteiger partial charge in [0.15, 0.2) is 0 Å². The molecule has 1 rings (SSSR count). The first-order valence-electron chi connectivity index (χ1n) is 4.93. The minimum atomic E-state index is 1.11. The number of hydrogen-bond donors (Lipinski definition) is 0. The lowest BCUT2D eigenvalue weighted by Gasteiger charge is -2.20. The van der Waals surface area contributed by atoms with Crippen molar-refractivity contribution >= 4 is 7.28 Å². The minimum Gasteiger partial charge on any atom is -0.0803 e. The Labute approximate surface area is 65.6 Å². The predicted molar refractivity (Wildman–Crippen MR) is 49.0 cm³/mol. The Balaban J connectivity index is 2.02. The highest BCUT2D eigenvalue weighted by molar-refractivity contribution is 6.35. The van der Waals surface area contributed by atoms with Crippen LogP contribution in [0.3, 0.4) is 0 Å². The fourth-order valence-corrected chi connectivity index (χ4v) is 1.97. The van der Waals surface area contributed by atoms with Crippen LogP contribution in [-0.2, 0) is 0 Å². The summed E-state index contributed by atoms with van der Waals surface area (Å²) in [5, 5.41) is 0. The van der Waals surface area contributed by atoms with Crippen LogP contribution in [-0.4, -0.2) is 7.28 Å². The van der Waals surface area contributed by atoms with Crippen LogP contribution in [0.4, 0.5) is 0 Å². The highest BCUT2D eigenvalue weighted by Crippen LogP contribution is 2.26. The molecule has 1 aliphatic carbocycles. The van der Waals surface area contributed by atoms with Crippen LogP contribution < -0.4 is 0 Å². The molecule has 1 aliphatic rings. The molecule has 0 aromatic carbocycles. The van der Waals surface area contributed by atoms with Crippen LogP contribution >= 0.6 is 0 Å². The molecule has 0 nitrogen and oxygen atoms in total. The van der Waals surface area contributed by atoms with E-state index in [1.165, 1.54) is 52.0 Å². The highest BCUT2D eigenvalue weighted by Gasteiger charge is 2.11. The molecule has 0 spiro atoms. The molecule has 1 heteroatoms. The van der Waals surface area contributed by atoms with E-state index in [4.69, 9.17) is 0 Å². The van der Waals surface area contributed by atoms with Gasteiger partial charge in [0.2, 0.25) is 0 Å². The molecule has 0 unspecified atom stereocenters. The Morgan fingerprint density at radius 1 is 1.20 bits per heavy atom. The van der Waals surface area contributed by atoms with Crippen molar-refractivity contribution in [1.82, 2.24) is 0 Å². The molecule has 58 valence electrons. The summed E-state index contributed by atoms with van der Waals surface area (Å²) >= 11 is 0. The Morgan fingerprint density at radius 2 is 1.90 bits per heavy atom. The topological polar surface area (TPSA) is 0 Å². The lowest BCUT2D eigenvalue weighted by Crippen LogP contribution is -2.07. The molecule has 0 amide bonds. The average Bonchev–Trinajstić information content (AvgIpc) is 2.03. The number of hydrogen-bond acceptors (Lipinski definition) is 0. The smallest absolute Gasteiger partial charge is 0.0803 e. The van der Waals surface area contributed by atoms with Crippen molar-refractivity contribution in [3.05, 3.63) is 0 Å². The van der Waals surface area contributed by atoms with Gasteiger partial charge in [-0.3, -0.25) is 0 Å². The second-order valence-electron chi connectivity index (χ2n) is 3.65. The number of rotatable bonds is 3. The maximum Gasteiger partial charge on any atom is 0.120 e. The summed E-state index contributed by atoms with van der Waals surface area (Å²) < 4.78 is 0. The van der Waals surface area contributed by atoms with Gasteiger partial charge in [-0.1, -0.05) is 51.7 Å². The second-order valence-corrected chi connectivity index (χ2v) is 3.65. The van der Waals surface area contributed by atoms with Crippen molar-refractivity contribution in [2.75, 3.05) is 0 Å². The third-order valence-electron chi connectivity index (χ3n) is 2.69. The van der Waals surface area contributed by atoms with E-state index < -0.39 is 0 Å². The zero-order valence-corrected chi connectivity index (χ0v) is 7.23. The van der Waals surface area contributed by atoms with Crippen molar-refractivity contribution < 1.29 is 0 Å². The summed E-state index contributed by atoms with van der Waals surface area (Å²) in [6.07, 6.45) is 10.5. The molecule has 1 fully saturated rings. The van der Waals surface area contributed by atoms with E-state index >= 15 is 0 Å². The highest BCUT2D eigenvalue weighted by atomic mass is 14.1. The molecule has 0 aliphatic heterocycles. The molecule has 0 aromatic heterocycles. The van der Waals surface area contributed by atoms with E-state index in [0.717, 1.165) is 5.92 Å². The van der Waals surface area contributed by atoms with E-state index in [9.17, 15) is 0 Å². The van der Waals surface area contributed by atoms with Gasteiger partial charge in [0.1, 0.15) is 7.28 Å². The van der Waals surface area contributed by atoms with Crippen LogP contribution in [0.25, 0.3) is 0 Å². The van der Waals surface area contributed by atoms with Gasteiger partial charge in [0, 0.05) is 0 Å². The molecular weight excluding hydrogens is 119 g/mol. The lowest BCUT2D eigenvalue weighted by molar-refractivity contribution is 0.384. The van der Waals surface area contributed by atoms with Gasteiger partial charge in [-0.2, -0.15) is 0 Å². The fraction of sp³-hybridized carbons (Fsp3) is 1.00. The summed E-state index contributed by atoms with van der Waals surface area (Å²) in [6.45, 7) is 2.29. The van der Waals surface area contributed by atoms with Crippen LogP contribution in [0, 0.1) is 5.92 Å². The Hall–Kier alpha value is 0.0649. The van der Waals surface area contributed by atoms with Crippen LogP contribution in [0.2, 0.25) is 12.6 Å². The van der Waals surface area contributed by atoms with Crippen LogP contribution in [0.1, 0.15) is 39.0 Å². The Bertz CT molecular complexity index is 74.8. The molecule has 0 atom stereocenters. The SMILES string of the molecule is CCBCC1CCCCC1. The summed E-state index contributed by atoms with van der Waals surface area (Å²) in [5.41, 5.74) is 0. The summed E-state index contributed by atoms with van der Waals surface area (Å²) in [7, 11) is 1.46. The fourth-order valence-electron chi connectivity index (χ4n) is 1.97. The summed E-state index contributed by atoms with van der Waals surface area (Å²) in [4.78, 5) is 0. The first kappa shape index (κ1) is 8.16. The van der Waals surface area contributed by atoms with Gasteiger partial charge >= 0.3 is 0 Å². The van der Waals surface area contributed by atoms with Crippen molar-refractivity contribution in [2.24, 2.45) is 5.92 Å². The Morgan fingerprint density at radius 3 is 2.50 bits per heavy atom. The van der Waals surface area contributed by atoms with Crippen LogP contribution in [0.15, 0.2) is 0 Å². The van der Waals surface area contributed by atoms with E-state index in [2.05, 4.69) is 6.92 Å². The van der Waals surface area contributed by atoms with Gasteiger partial charge in [0.25, 0.3) is 0 Å². The van der Waals surface area contributed by atoms with Gasteiger partial charge < -0.3 is 0 Å². The average molecular weight is 138 g/mol. The second kappa shape index (κ2) is 4.82. The summed E-state index contributed by atoms with van der Waals surface area (Å²) in [5.74, 6) is 1.11. The standard InChI is InChI=1S/C9H19B/c1-2-10-8-9-6-4-3-5-7-9/h9-10H,2-8H2,1H3. The largest absolute Gasteiger partial charge is 0.120 e. The molecule has 0 aromatic rings. The maximum absolute atomic E-state index is 2.29. The zero-order chi connectivity index (χ0) is 7.23. The molecule has 0 N–H and O–H groups in total. The molecule has 0 saturated heterocycles. The first-order chi connectivity index (χ1) is 4.93. The molecule has 0 bridgehead atoms. The molecule has 0 radical (unpaired) electrons. The van der Waals surface area contributed by atoms with Gasteiger partial charge in [0.05, 0.1) is 0 Å². The van der Waals surface area contributed by atoms with Crippen molar-refractivity contribution in [3.63, 3.8) is 0 Å². The monoisotopic (exact) mass is 138 g/mol. The molecule has 10 heavy (non-hydrogen) atoms. The normalized spacial score (nSPS) is 20.9. The van der Waals surface area contributed by atoms with E-state index in [1.807, 2.05) is 0 Å². The van der Waals surface area contributed by atoms with Gasteiger partial charge in [-0.25, -0.2) is 0 Å². The molecular formula is C9H19B. The van der Waals surface area contributed by atoms with E-state index in [1.54, 1.807) is 0 Å². The third-order valence-corrected chi connectivity index (χ3v) is 2.69. The van der Waals surface area contributed by atoms with Crippen LogP contribution in [0.5, 0.6) is 0 Å². The predicted octanol–water partition coefficient (Wildman–Crippen LogP) is 2.86. The van der Waals surface area contributed by atoms with E-state index in [-0.39, 0.29) is 0 Å². The van der Waals surface area contributed by atoms with Crippen molar-refractivity contribution in [3.8, 4) is 0 Å². The van der Waals surface area contributed by atoms with E-state index in [0.29, 0.717) is 0 Å². The third kappa shape index (κ3) is 2.77. The summed E-state index contributed by atoms with van der Waals surface area (Å²) in [6, 6.07) is 0. The maximum atomic E-state index is 2.29. The van der Waals surface area contributed by atoms with Gasteiger partial charge in [-0.05, 0) is 5.92 Å². The lowest BCUT2D eigenvalue weighted by atomic mass is 9.65. The quantitative estimate of drug-likeness (QED) is 0.526. The van der Waals surface area contributed by atoms with Crippen molar-refractivity contribution in [2.45, 2.75) is 51.7 Å². The minimum absolute atomic E-state index is 1.11. The first-order valence-corrected chi connectivity index (χ1v) is 4.93. The van der Waals surface area contributed by atoms with Gasteiger partial charge in [-0.15, -0.1) is 0 Å².